The van der Waals surface area contributed by atoms with Gasteiger partial charge in [-0.05, 0) is 174 Å². The molecule has 0 amide bonds. The second-order valence-corrected chi connectivity index (χ2v) is 18.2. The van der Waals surface area contributed by atoms with Crippen LogP contribution < -0.4 is 0 Å². The molecule has 6 nitrogen and oxygen atoms in total. The fourth-order valence-corrected chi connectivity index (χ4v) is 10.0. The maximum atomic E-state index is 10.6. The monoisotopic (exact) mass is 1160 g/mol. The largest absolute Gasteiger partial charge is 0.507 e. The minimum atomic E-state index is 0. The molecule has 12 rings (SSSR count). The van der Waals surface area contributed by atoms with Gasteiger partial charge in [0.2, 0.25) is 0 Å². The molecule has 0 aliphatic carbocycles. The number of terminal acetylenes is 6. The predicted molar refractivity (Wildman–Crippen MR) is 336 cm³/mol. The number of hydrogen-bond acceptors (Lipinski definition) is 6. The summed E-state index contributed by atoms with van der Waals surface area (Å²) in [5.74, 6) is 16.3. The first-order valence-electron chi connectivity index (χ1n) is 24.2. The molecule has 0 aliphatic heterocycles. The quantitative estimate of drug-likeness (QED) is 0.0774. The van der Waals surface area contributed by atoms with Crippen molar-refractivity contribution in [3.8, 4) is 142 Å². The molecule has 0 atom stereocenters. The molecule has 372 valence electrons. The molecule has 0 spiro atoms. The topological polar surface area (TPSA) is 121 Å². The number of rotatable bonds is 3. The molecule has 0 saturated carbocycles. The Hall–Kier alpha value is -8.65. The van der Waals surface area contributed by atoms with Gasteiger partial charge in [-0.2, -0.15) is 0 Å². The second-order valence-electron chi connectivity index (χ2n) is 18.2. The van der Waals surface area contributed by atoms with Crippen molar-refractivity contribution in [2.75, 3.05) is 0 Å². The van der Waals surface area contributed by atoms with Gasteiger partial charge >= 0.3 is 0 Å². The summed E-state index contributed by atoms with van der Waals surface area (Å²) < 4.78 is 0. The summed E-state index contributed by atoms with van der Waals surface area (Å²) >= 11 is 0. The third-order valence-electron chi connectivity index (χ3n) is 13.7. The van der Waals surface area contributed by atoms with E-state index in [0.29, 0.717) is 33.4 Å². The smallest absolute Gasteiger partial charge is 0.124 e. The molecule has 0 unspecified atom stereocenters. The third kappa shape index (κ3) is 12.0. The molecule has 10 heteroatoms. The van der Waals surface area contributed by atoms with Crippen molar-refractivity contribution >= 4 is 121 Å². The molecule has 4 radical (unpaired) electrons. The van der Waals surface area contributed by atoms with E-state index in [-0.39, 0.29) is 127 Å². The fourth-order valence-electron chi connectivity index (χ4n) is 10.0. The summed E-state index contributed by atoms with van der Waals surface area (Å²) in [6.45, 7) is 0. The van der Waals surface area contributed by atoms with Crippen LogP contribution in [0.3, 0.4) is 0 Å². The Morgan fingerprint density at radius 3 is 0.463 bits per heavy atom. The zero-order valence-corrected chi connectivity index (χ0v) is 48.7. The summed E-state index contributed by atoms with van der Waals surface area (Å²) in [6.07, 6.45) is 32.9. The summed E-state index contributed by atoms with van der Waals surface area (Å²) in [4.78, 5) is 0. The van der Waals surface area contributed by atoms with E-state index >= 15 is 0 Å². The van der Waals surface area contributed by atoms with Crippen molar-refractivity contribution < 1.29 is 66.2 Å². The Kier molecular flexibility index (Phi) is 20.4. The van der Waals surface area contributed by atoms with Crippen LogP contribution in [0.25, 0.3) is 98.0 Å². The molecule has 0 fully saturated rings. The van der Waals surface area contributed by atoms with E-state index in [4.69, 9.17) is 38.5 Å². The first-order valence-corrected chi connectivity index (χ1v) is 24.2. The van der Waals surface area contributed by atoms with E-state index in [1.807, 2.05) is 146 Å². The van der Waals surface area contributed by atoms with E-state index in [0.717, 1.165) is 98.0 Å². The van der Waals surface area contributed by atoms with Crippen molar-refractivity contribution in [1.82, 2.24) is 0 Å². The molecular weight excluding hydrogens is 1120 g/mol. The number of phenols is 6. The van der Waals surface area contributed by atoms with Crippen molar-refractivity contribution in [2.45, 2.75) is 0 Å². The Balaban J connectivity index is 0.000000193. The zero-order chi connectivity index (χ0) is 54.8. The SMILES string of the molecule is C#Cc1ccc2c(-c3c(O)ccc4cc(C#C)ccc34)c(O)ccc2c1.C#Cc1ccc2c(-c3c(O)ccc4cc(C#C)ccc34)c(O)ccc2c1.C#Cc1ccc2c(-c3c(O)ccc4cc(C#C)ccc34)c(O)ccc2c1.[La].[Li].[Li].[Li]. The van der Waals surface area contributed by atoms with Crippen molar-refractivity contribution in [2.24, 2.45) is 0 Å². The van der Waals surface area contributed by atoms with Gasteiger partial charge in [0.1, 0.15) is 34.5 Å². The van der Waals surface area contributed by atoms with Gasteiger partial charge in [0.15, 0.2) is 0 Å². The minimum absolute atomic E-state index is 0. The van der Waals surface area contributed by atoms with Gasteiger partial charge in [0.25, 0.3) is 0 Å². The molecule has 12 aromatic carbocycles. The molecule has 0 heterocycles. The fraction of sp³-hybridized carbons (Fsp3) is 0. The maximum absolute atomic E-state index is 10.6. The third-order valence-corrected chi connectivity index (χ3v) is 13.7. The molecular formula is C72H42LaLi3O6. The van der Waals surface area contributed by atoms with Crippen LogP contribution in [0.2, 0.25) is 0 Å². The summed E-state index contributed by atoms with van der Waals surface area (Å²) in [5, 5.41) is 73.8. The summed E-state index contributed by atoms with van der Waals surface area (Å²) in [6, 6.07) is 54.0. The van der Waals surface area contributed by atoms with Crippen LogP contribution in [0.15, 0.2) is 182 Å². The number of hydrogen-bond donors (Lipinski definition) is 6. The average molecular weight is 1160 g/mol. The van der Waals surface area contributed by atoms with Gasteiger partial charge in [-0.25, -0.2) is 0 Å². The van der Waals surface area contributed by atoms with Crippen LogP contribution in [0.5, 0.6) is 34.5 Å². The average Bonchev–Trinajstić information content (AvgIpc) is 3.48. The number of fused-ring (bicyclic) bond motifs is 6. The van der Waals surface area contributed by atoms with Crippen LogP contribution in [-0.2, 0) is 0 Å². The molecule has 0 saturated heterocycles. The van der Waals surface area contributed by atoms with Crippen LogP contribution >= 0.6 is 0 Å². The normalized spacial score (nSPS) is 10.0. The molecule has 6 N–H and O–H groups in total. The summed E-state index contributed by atoms with van der Waals surface area (Å²) in [7, 11) is 0. The minimum Gasteiger partial charge on any atom is -0.507 e. The second kappa shape index (κ2) is 26.7. The molecule has 82 heavy (non-hydrogen) atoms. The van der Waals surface area contributed by atoms with Gasteiger partial charge in [0.05, 0.1) is 0 Å². The molecule has 12 aromatic rings. The standard InChI is InChI=1S/3C24H14O2.La.3Li/c3*1-3-15-5-9-19-17(13-15)7-11-21(25)23(19)24-20-10-6-16(4-2)14-18(20)8-12-22(24)26;;;;/h3*1-2,5-14,25-26H;;;;. The van der Waals surface area contributed by atoms with Gasteiger partial charge in [-0.15, -0.1) is 38.5 Å². The number of phenolic OH excluding ortho intramolecular Hbond substituents is 6. The molecule has 0 bridgehead atoms. The van der Waals surface area contributed by atoms with Crippen LogP contribution in [0.1, 0.15) is 33.4 Å². The van der Waals surface area contributed by atoms with Crippen LogP contribution in [-0.4, -0.2) is 87.2 Å². The van der Waals surface area contributed by atoms with E-state index in [1.54, 1.807) is 36.4 Å². The van der Waals surface area contributed by atoms with E-state index in [1.165, 1.54) is 0 Å². The van der Waals surface area contributed by atoms with Gasteiger partial charge in [-0.3, -0.25) is 0 Å². The predicted octanol–water partition coefficient (Wildman–Crippen LogP) is 14.0. The Morgan fingerprint density at radius 2 is 0.341 bits per heavy atom. The first kappa shape index (κ1) is 62.5. The van der Waals surface area contributed by atoms with Crippen LogP contribution in [0.4, 0.5) is 0 Å². The van der Waals surface area contributed by atoms with E-state index < -0.39 is 0 Å². The Morgan fingerprint density at radius 1 is 0.207 bits per heavy atom. The number of aromatic hydroxyl groups is 6. The first-order chi connectivity index (χ1) is 37.9. The van der Waals surface area contributed by atoms with E-state index in [9.17, 15) is 30.6 Å². The van der Waals surface area contributed by atoms with Crippen molar-refractivity contribution in [3.63, 3.8) is 0 Å². The van der Waals surface area contributed by atoms with Gasteiger partial charge in [0, 0.05) is 159 Å². The molecule has 0 aromatic heterocycles. The van der Waals surface area contributed by atoms with Crippen molar-refractivity contribution in [3.05, 3.63) is 215 Å². The number of benzene rings is 12. The molecule has 0 aliphatic rings. The Bertz CT molecular complexity index is 4010. The Labute approximate surface area is 539 Å². The maximum Gasteiger partial charge on any atom is 0.124 e. The van der Waals surface area contributed by atoms with Crippen LogP contribution in [0, 0.1) is 110 Å². The summed E-state index contributed by atoms with van der Waals surface area (Å²) in [5.41, 5.74) is 7.99. The van der Waals surface area contributed by atoms with E-state index in [2.05, 4.69) is 35.5 Å². The van der Waals surface area contributed by atoms with Gasteiger partial charge in [-0.1, -0.05) is 108 Å². The van der Waals surface area contributed by atoms with Crippen molar-refractivity contribution in [1.29, 1.82) is 0 Å². The zero-order valence-electron chi connectivity index (χ0n) is 45.0. The van der Waals surface area contributed by atoms with Gasteiger partial charge < -0.3 is 30.6 Å².